The van der Waals surface area contributed by atoms with E-state index < -0.39 is 0 Å². The van der Waals surface area contributed by atoms with Gasteiger partial charge < -0.3 is 0 Å². The third kappa shape index (κ3) is 9.65. The highest BCUT2D eigenvalue weighted by Crippen LogP contribution is 1.98. The van der Waals surface area contributed by atoms with Crippen LogP contribution in [0.25, 0.3) is 0 Å². The Bertz CT molecular complexity index is 479. The lowest BCUT2D eigenvalue weighted by molar-refractivity contribution is 0.100. The van der Waals surface area contributed by atoms with Crippen LogP contribution in [0.1, 0.15) is 61.3 Å². The summed E-state index contributed by atoms with van der Waals surface area (Å²) in [5.41, 5.74) is 1.55. The highest BCUT2D eigenvalue weighted by Gasteiger charge is 1.93. The predicted octanol–water partition coefficient (Wildman–Crippen LogP) is 5.58. The average Bonchev–Trinajstić information content (AvgIpc) is 2.57. The van der Waals surface area contributed by atoms with Gasteiger partial charge in [0.05, 0.1) is 0 Å². The number of hydrogen-bond donors (Lipinski definition) is 0. The molecule has 118 valence electrons. The molecule has 2 rings (SSSR count). The van der Waals surface area contributed by atoms with Crippen LogP contribution < -0.4 is 0 Å². The molecule has 2 nitrogen and oxygen atoms in total. The molecule has 0 aliphatic heterocycles. The van der Waals surface area contributed by atoms with Gasteiger partial charge in [-0.15, -0.1) is 0 Å². The van der Waals surface area contributed by atoms with Crippen molar-refractivity contribution >= 4 is 11.6 Å². The first kappa shape index (κ1) is 19.8. The number of benzene rings is 2. The van der Waals surface area contributed by atoms with Crippen molar-refractivity contribution in [2.45, 2.75) is 40.5 Å². The van der Waals surface area contributed by atoms with Crippen LogP contribution in [0.4, 0.5) is 0 Å². The van der Waals surface area contributed by atoms with Crippen LogP contribution in [0.15, 0.2) is 60.7 Å². The largest absolute Gasteiger partial charge is 0.295 e. The van der Waals surface area contributed by atoms with E-state index in [2.05, 4.69) is 13.8 Å². The molecule has 2 aromatic carbocycles. The summed E-state index contributed by atoms with van der Waals surface area (Å²) in [7, 11) is 0. The smallest absolute Gasteiger partial charge is 0.159 e. The van der Waals surface area contributed by atoms with Crippen LogP contribution in [0.3, 0.4) is 0 Å². The zero-order valence-electron chi connectivity index (χ0n) is 14.0. The maximum absolute atomic E-state index is 10.6. The highest BCUT2D eigenvalue weighted by atomic mass is 16.1. The number of carbonyl (C=O) groups is 2. The van der Waals surface area contributed by atoms with Gasteiger partial charge in [-0.1, -0.05) is 87.4 Å². The quantitative estimate of drug-likeness (QED) is 0.693. The van der Waals surface area contributed by atoms with Gasteiger partial charge >= 0.3 is 0 Å². The van der Waals surface area contributed by atoms with Gasteiger partial charge in [0.15, 0.2) is 11.6 Å². The maximum Gasteiger partial charge on any atom is 0.159 e. The molecule has 0 saturated carbocycles. The topological polar surface area (TPSA) is 34.1 Å². The van der Waals surface area contributed by atoms with E-state index in [1.807, 2.05) is 60.7 Å². The molecule has 0 spiro atoms. The third-order valence-electron chi connectivity index (χ3n) is 2.86. The molecule has 0 aromatic heterocycles. The lowest BCUT2D eigenvalue weighted by Gasteiger charge is -1.89. The first-order valence-corrected chi connectivity index (χ1v) is 7.64. The summed E-state index contributed by atoms with van der Waals surface area (Å²) in [6.07, 6.45) is 2.64. The predicted molar refractivity (Wildman–Crippen MR) is 93.5 cm³/mol. The summed E-state index contributed by atoms with van der Waals surface area (Å²) in [6.45, 7) is 7.49. The Balaban J connectivity index is 0.000000326. The summed E-state index contributed by atoms with van der Waals surface area (Å²) >= 11 is 0. The van der Waals surface area contributed by atoms with Gasteiger partial charge in [-0.2, -0.15) is 0 Å². The molecule has 0 N–H and O–H groups in total. The fraction of sp³-hybridized carbons (Fsp3) is 0.300. The molecule has 0 atom stereocenters. The van der Waals surface area contributed by atoms with Crippen LogP contribution in [0.2, 0.25) is 0 Å². The minimum Gasteiger partial charge on any atom is -0.295 e. The second-order valence-electron chi connectivity index (χ2n) is 4.84. The van der Waals surface area contributed by atoms with Gasteiger partial charge in [0.2, 0.25) is 0 Å². The SMILES string of the molecule is CC(=O)c1ccccc1.CC(=O)c1ccccc1.CCCC. The Morgan fingerprint density at radius 3 is 1.05 bits per heavy atom. The van der Waals surface area contributed by atoms with Crippen molar-refractivity contribution in [1.29, 1.82) is 0 Å². The molecule has 22 heavy (non-hydrogen) atoms. The third-order valence-corrected chi connectivity index (χ3v) is 2.86. The van der Waals surface area contributed by atoms with Gasteiger partial charge in [-0.25, -0.2) is 0 Å². The van der Waals surface area contributed by atoms with E-state index >= 15 is 0 Å². The first-order valence-electron chi connectivity index (χ1n) is 7.64. The Morgan fingerprint density at radius 1 is 0.636 bits per heavy atom. The summed E-state index contributed by atoms with van der Waals surface area (Å²) in [4.78, 5) is 21.3. The molecule has 0 unspecified atom stereocenters. The van der Waals surface area contributed by atoms with E-state index in [0.29, 0.717) is 0 Å². The highest BCUT2D eigenvalue weighted by molar-refractivity contribution is 5.94. The molecule has 0 aliphatic rings. The second-order valence-corrected chi connectivity index (χ2v) is 4.84. The lowest BCUT2D eigenvalue weighted by Crippen LogP contribution is -1.88. The summed E-state index contributed by atoms with van der Waals surface area (Å²) < 4.78 is 0. The summed E-state index contributed by atoms with van der Waals surface area (Å²) in [6, 6.07) is 18.5. The standard InChI is InChI=1S/2C8H8O.C4H10/c2*1-7(9)8-5-3-2-4-6-8;1-3-4-2/h2*2-6H,1H3;3-4H2,1-2H3. The molecule has 0 heterocycles. The second kappa shape index (κ2) is 12.5. The van der Waals surface area contributed by atoms with Crippen LogP contribution in [0, 0.1) is 0 Å². The molecule has 0 saturated heterocycles. The van der Waals surface area contributed by atoms with E-state index in [4.69, 9.17) is 0 Å². The molecule has 0 fully saturated rings. The van der Waals surface area contributed by atoms with Crippen LogP contribution in [-0.2, 0) is 0 Å². The molecule has 0 radical (unpaired) electrons. The fourth-order valence-corrected chi connectivity index (χ4v) is 1.35. The minimum atomic E-state index is 0.121. The zero-order chi connectivity index (χ0) is 16.8. The lowest BCUT2D eigenvalue weighted by atomic mass is 10.2. The monoisotopic (exact) mass is 298 g/mol. The molecule has 0 amide bonds. The fourth-order valence-electron chi connectivity index (χ4n) is 1.35. The average molecular weight is 298 g/mol. The summed E-state index contributed by atoms with van der Waals surface area (Å²) in [5.74, 6) is 0.242. The number of hydrogen-bond acceptors (Lipinski definition) is 2. The van der Waals surface area contributed by atoms with Crippen molar-refractivity contribution in [1.82, 2.24) is 0 Å². The van der Waals surface area contributed by atoms with Gasteiger partial charge in [-0.05, 0) is 13.8 Å². The van der Waals surface area contributed by atoms with Crippen molar-refractivity contribution in [2.75, 3.05) is 0 Å². The number of Topliss-reactive ketones (excluding diaryl/α,β-unsaturated/α-hetero) is 2. The van der Waals surface area contributed by atoms with Crippen LogP contribution in [-0.4, -0.2) is 11.6 Å². The Morgan fingerprint density at radius 2 is 0.909 bits per heavy atom. The van der Waals surface area contributed by atoms with Crippen LogP contribution in [0.5, 0.6) is 0 Å². The first-order chi connectivity index (χ1) is 10.5. The number of ketones is 2. The van der Waals surface area contributed by atoms with E-state index in [-0.39, 0.29) is 11.6 Å². The van der Waals surface area contributed by atoms with E-state index in [0.717, 1.165) is 11.1 Å². The van der Waals surface area contributed by atoms with E-state index in [1.54, 1.807) is 13.8 Å². The Hall–Kier alpha value is -2.22. The van der Waals surface area contributed by atoms with E-state index in [9.17, 15) is 9.59 Å². The molecule has 2 aromatic rings. The molecule has 2 heteroatoms. The van der Waals surface area contributed by atoms with Gasteiger partial charge in [0, 0.05) is 11.1 Å². The van der Waals surface area contributed by atoms with Crippen LogP contribution >= 0.6 is 0 Å². The Kier molecular flexibility index (Phi) is 11.3. The normalized spacial score (nSPS) is 8.73. The Labute approximate surface area is 134 Å². The van der Waals surface area contributed by atoms with Gasteiger partial charge in [-0.3, -0.25) is 9.59 Å². The zero-order valence-corrected chi connectivity index (χ0v) is 14.0. The molecular weight excluding hydrogens is 272 g/mol. The van der Waals surface area contributed by atoms with Crippen molar-refractivity contribution < 1.29 is 9.59 Å². The summed E-state index contributed by atoms with van der Waals surface area (Å²) in [5, 5.41) is 0. The number of unbranched alkanes of at least 4 members (excludes halogenated alkanes) is 1. The van der Waals surface area contributed by atoms with Crippen molar-refractivity contribution in [3.63, 3.8) is 0 Å². The number of carbonyl (C=O) groups excluding carboxylic acids is 2. The van der Waals surface area contributed by atoms with Crippen molar-refractivity contribution in [3.05, 3.63) is 71.8 Å². The van der Waals surface area contributed by atoms with Gasteiger partial charge in [0.1, 0.15) is 0 Å². The van der Waals surface area contributed by atoms with Crippen molar-refractivity contribution in [2.24, 2.45) is 0 Å². The molecule has 0 bridgehead atoms. The maximum atomic E-state index is 10.6. The molecule has 0 aliphatic carbocycles. The van der Waals surface area contributed by atoms with Gasteiger partial charge in [0.25, 0.3) is 0 Å². The minimum absolute atomic E-state index is 0.121. The molecular formula is C20H26O2. The van der Waals surface area contributed by atoms with E-state index in [1.165, 1.54) is 12.8 Å². The number of rotatable bonds is 3. The van der Waals surface area contributed by atoms with Crippen molar-refractivity contribution in [3.8, 4) is 0 Å².